The molecule has 2 aromatic carbocycles. The van der Waals surface area contributed by atoms with Crippen LogP contribution in [0.4, 0.5) is 18.9 Å². The fraction of sp³-hybridized carbons (Fsp3) is 0.133. The van der Waals surface area contributed by atoms with E-state index in [1.807, 2.05) is 0 Å². The molecule has 0 aliphatic rings. The third-order valence-corrected chi connectivity index (χ3v) is 3.06. The molecule has 21 heavy (non-hydrogen) atoms. The van der Waals surface area contributed by atoms with Gasteiger partial charge in [-0.1, -0.05) is 12.1 Å². The van der Waals surface area contributed by atoms with Crippen molar-refractivity contribution in [3.05, 3.63) is 65.5 Å². The molecule has 0 saturated heterocycles. The molecular formula is C15H11ClF3NO. The molecule has 0 fully saturated rings. The number of nitrogens with zero attached hydrogens (tertiary/aromatic N) is 1. The van der Waals surface area contributed by atoms with Crippen molar-refractivity contribution in [1.82, 2.24) is 0 Å². The van der Waals surface area contributed by atoms with E-state index in [9.17, 15) is 18.0 Å². The number of rotatable bonds is 4. The maximum Gasteiger partial charge on any atom is 0.242 e. The Morgan fingerprint density at radius 2 is 1.52 bits per heavy atom. The number of halogens is 4. The van der Waals surface area contributed by atoms with Crippen LogP contribution < -0.4 is 4.90 Å². The van der Waals surface area contributed by atoms with Gasteiger partial charge in [0.15, 0.2) is 0 Å². The summed E-state index contributed by atoms with van der Waals surface area (Å²) in [6.45, 7) is 0.0364. The van der Waals surface area contributed by atoms with Gasteiger partial charge in [0.1, 0.15) is 23.3 Å². The third-order valence-electron chi connectivity index (χ3n) is 2.83. The highest BCUT2D eigenvalue weighted by Crippen LogP contribution is 2.21. The molecule has 0 atom stereocenters. The molecule has 0 unspecified atom stereocenters. The number of amides is 1. The summed E-state index contributed by atoms with van der Waals surface area (Å²) in [6.07, 6.45) is 0. The topological polar surface area (TPSA) is 20.3 Å². The van der Waals surface area contributed by atoms with Gasteiger partial charge in [-0.2, -0.15) is 0 Å². The highest BCUT2D eigenvalue weighted by molar-refractivity contribution is 6.29. The smallest absolute Gasteiger partial charge is 0.242 e. The predicted molar refractivity (Wildman–Crippen MR) is 74.7 cm³/mol. The molecule has 0 N–H and O–H groups in total. The van der Waals surface area contributed by atoms with Crippen LogP contribution in [0.25, 0.3) is 0 Å². The highest BCUT2D eigenvalue weighted by Gasteiger charge is 2.17. The van der Waals surface area contributed by atoms with E-state index in [1.54, 1.807) is 0 Å². The number of carbonyl (C=O) groups is 1. The Balaban J connectivity index is 2.34. The van der Waals surface area contributed by atoms with E-state index in [0.29, 0.717) is 11.6 Å². The first-order valence-corrected chi connectivity index (χ1v) is 6.60. The molecule has 0 spiro atoms. The number of carbonyl (C=O) groups excluding carboxylic acids is 1. The number of hydrogen-bond donors (Lipinski definition) is 0. The summed E-state index contributed by atoms with van der Waals surface area (Å²) in [5, 5.41) is 0. The summed E-state index contributed by atoms with van der Waals surface area (Å²) >= 11 is 5.53. The summed E-state index contributed by atoms with van der Waals surface area (Å²) in [7, 11) is 0. The molecule has 110 valence electrons. The summed E-state index contributed by atoms with van der Waals surface area (Å²) in [5.74, 6) is -2.84. The molecule has 6 heteroatoms. The second-order valence-corrected chi connectivity index (χ2v) is 4.63. The van der Waals surface area contributed by atoms with Crippen molar-refractivity contribution in [2.45, 2.75) is 6.54 Å². The van der Waals surface area contributed by atoms with E-state index in [2.05, 4.69) is 0 Å². The van der Waals surface area contributed by atoms with Crippen LogP contribution in [0, 0.1) is 17.5 Å². The number of anilines is 1. The van der Waals surface area contributed by atoms with Gasteiger partial charge in [-0.15, -0.1) is 11.6 Å². The van der Waals surface area contributed by atoms with Crippen LogP contribution in [0.3, 0.4) is 0 Å². The molecule has 0 bridgehead atoms. The second-order valence-electron chi connectivity index (χ2n) is 4.37. The van der Waals surface area contributed by atoms with Gasteiger partial charge in [-0.05, 0) is 29.8 Å². The Kier molecular flexibility index (Phi) is 4.85. The first-order chi connectivity index (χ1) is 9.99. The first kappa shape index (κ1) is 15.4. The molecule has 0 aliphatic heterocycles. The molecule has 0 saturated carbocycles. The zero-order valence-electron chi connectivity index (χ0n) is 10.8. The average molecular weight is 314 g/mol. The van der Waals surface area contributed by atoms with Crippen LogP contribution in [0.5, 0.6) is 0 Å². The van der Waals surface area contributed by atoms with E-state index in [1.165, 1.54) is 24.3 Å². The Morgan fingerprint density at radius 3 is 2.05 bits per heavy atom. The minimum absolute atomic E-state index is 0.0364. The minimum Gasteiger partial charge on any atom is -0.307 e. The lowest BCUT2D eigenvalue weighted by atomic mass is 10.2. The number of alkyl halides is 1. The normalized spacial score (nSPS) is 10.5. The summed E-state index contributed by atoms with van der Waals surface area (Å²) in [6, 6.07) is 8.24. The van der Waals surface area contributed by atoms with Crippen LogP contribution in [0.15, 0.2) is 42.5 Å². The van der Waals surface area contributed by atoms with Crippen molar-refractivity contribution >= 4 is 23.2 Å². The van der Waals surface area contributed by atoms with E-state index in [4.69, 9.17) is 11.6 Å². The molecule has 2 nitrogen and oxygen atoms in total. The highest BCUT2D eigenvalue weighted by atomic mass is 35.5. The van der Waals surface area contributed by atoms with Gasteiger partial charge >= 0.3 is 0 Å². The lowest BCUT2D eigenvalue weighted by Crippen LogP contribution is -2.31. The quantitative estimate of drug-likeness (QED) is 0.785. The van der Waals surface area contributed by atoms with Crippen molar-refractivity contribution < 1.29 is 18.0 Å². The van der Waals surface area contributed by atoms with Crippen molar-refractivity contribution in [1.29, 1.82) is 0 Å². The maximum atomic E-state index is 13.3. The van der Waals surface area contributed by atoms with Gasteiger partial charge in [-0.25, -0.2) is 13.2 Å². The van der Waals surface area contributed by atoms with Crippen molar-refractivity contribution in [3.63, 3.8) is 0 Å². The van der Waals surface area contributed by atoms with Crippen LogP contribution in [0.1, 0.15) is 5.56 Å². The van der Waals surface area contributed by atoms with Crippen LogP contribution in [-0.4, -0.2) is 11.8 Å². The fourth-order valence-corrected chi connectivity index (χ4v) is 2.01. The molecule has 2 aromatic rings. The molecule has 0 heterocycles. The van der Waals surface area contributed by atoms with Gasteiger partial charge in [0.2, 0.25) is 5.91 Å². The Labute approximate surface area is 124 Å². The molecule has 0 aliphatic carbocycles. The van der Waals surface area contributed by atoms with Gasteiger partial charge in [0.25, 0.3) is 0 Å². The predicted octanol–water partition coefficient (Wildman–Crippen LogP) is 3.88. The molecule has 0 aromatic heterocycles. The van der Waals surface area contributed by atoms with E-state index in [-0.39, 0.29) is 18.1 Å². The number of hydrogen-bond acceptors (Lipinski definition) is 1. The van der Waals surface area contributed by atoms with Crippen LogP contribution in [-0.2, 0) is 11.3 Å². The van der Waals surface area contributed by atoms with Crippen molar-refractivity contribution in [2.24, 2.45) is 0 Å². The lowest BCUT2D eigenvalue weighted by molar-refractivity contribution is -0.116. The van der Waals surface area contributed by atoms with Crippen molar-refractivity contribution in [3.8, 4) is 0 Å². The largest absolute Gasteiger partial charge is 0.307 e. The van der Waals surface area contributed by atoms with Gasteiger partial charge in [0.05, 0.1) is 6.54 Å². The molecule has 0 radical (unpaired) electrons. The second kappa shape index (κ2) is 6.63. The summed E-state index contributed by atoms with van der Waals surface area (Å²) in [5.41, 5.74) is 0.669. The average Bonchev–Trinajstić information content (AvgIpc) is 2.44. The zero-order valence-corrected chi connectivity index (χ0v) is 11.6. The Morgan fingerprint density at radius 1 is 0.952 bits per heavy atom. The monoisotopic (exact) mass is 313 g/mol. The molecule has 1 amide bonds. The fourth-order valence-electron chi connectivity index (χ4n) is 1.86. The van der Waals surface area contributed by atoms with Crippen LogP contribution >= 0.6 is 11.6 Å². The summed E-state index contributed by atoms with van der Waals surface area (Å²) in [4.78, 5) is 13.0. The standard InChI is InChI=1S/C15H11ClF3NO/c16-8-15(21)20(9-10-1-3-11(17)4-2-10)14-6-12(18)5-13(19)7-14/h1-7H,8-9H2. The zero-order chi connectivity index (χ0) is 15.4. The van der Waals surface area contributed by atoms with Gasteiger partial charge in [-0.3, -0.25) is 4.79 Å². The minimum atomic E-state index is -0.795. The lowest BCUT2D eigenvalue weighted by Gasteiger charge is -2.22. The maximum absolute atomic E-state index is 13.3. The van der Waals surface area contributed by atoms with Gasteiger partial charge < -0.3 is 4.90 Å². The Hall–Kier alpha value is -2.01. The Bertz CT molecular complexity index is 626. The van der Waals surface area contributed by atoms with E-state index in [0.717, 1.165) is 17.0 Å². The van der Waals surface area contributed by atoms with Gasteiger partial charge in [0, 0.05) is 11.8 Å². The number of benzene rings is 2. The SMILES string of the molecule is O=C(CCl)N(Cc1ccc(F)cc1)c1cc(F)cc(F)c1. The van der Waals surface area contributed by atoms with E-state index < -0.39 is 23.4 Å². The molecular weight excluding hydrogens is 303 g/mol. The summed E-state index contributed by atoms with van der Waals surface area (Å²) < 4.78 is 39.5. The first-order valence-electron chi connectivity index (χ1n) is 6.06. The molecule has 2 rings (SSSR count). The van der Waals surface area contributed by atoms with Crippen LogP contribution in [0.2, 0.25) is 0 Å². The van der Waals surface area contributed by atoms with Crippen molar-refractivity contribution in [2.75, 3.05) is 10.8 Å². The third kappa shape index (κ3) is 3.98. The van der Waals surface area contributed by atoms with E-state index >= 15 is 0 Å².